The number of rotatable bonds is 4. The highest BCUT2D eigenvalue weighted by molar-refractivity contribution is 7.89. The number of ether oxygens (including phenoxy) is 1. The molecule has 0 bridgehead atoms. The summed E-state index contributed by atoms with van der Waals surface area (Å²) in [5.41, 5.74) is 0. The molecule has 1 aromatic carbocycles. The Hall–Kier alpha value is -1.11. The molecule has 1 saturated heterocycles. The molecular formula is C12H17NO4S. The molecule has 2 atom stereocenters. The minimum Gasteiger partial charge on any atom is -0.507 e. The van der Waals surface area contributed by atoms with Crippen molar-refractivity contribution >= 4 is 10.0 Å². The number of aromatic hydroxyl groups is 1. The topological polar surface area (TPSA) is 75.6 Å². The molecule has 0 amide bonds. The Morgan fingerprint density at radius 2 is 2.17 bits per heavy atom. The van der Waals surface area contributed by atoms with Gasteiger partial charge >= 0.3 is 0 Å². The summed E-state index contributed by atoms with van der Waals surface area (Å²) < 4.78 is 32.2. The van der Waals surface area contributed by atoms with Gasteiger partial charge in [0, 0.05) is 12.6 Å². The van der Waals surface area contributed by atoms with E-state index in [9.17, 15) is 13.5 Å². The predicted molar refractivity (Wildman–Crippen MR) is 66.9 cm³/mol. The van der Waals surface area contributed by atoms with E-state index in [0.717, 1.165) is 12.8 Å². The van der Waals surface area contributed by atoms with Crippen LogP contribution in [0.4, 0.5) is 0 Å². The van der Waals surface area contributed by atoms with Crippen LogP contribution in [0.15, 0.2) is 29.2 Å². The van der Waals surface area contributed by atoms with Crippen LogP contribution in [-0.2, 0) is 14.8 Å². The van der Waals surface area contributed by atoms with Crippen molar-refractivity contribution < 1.29 is 18.3 Å². The molecule has 18 heavy (non-hydrogen) atoms. The van der Waals surface area contributed by atoms with Crippen molar-refractivity contribution in [3.8, 4) is 5.75 Å². The molecule has 2 rings (SSSR count). The lowest BCUT2D eigenvalue weighted by atomic mass is 10.1. The van der Waals surface area contributed by atoms with Gasteiger partial charge in [-0.3, -0.25) is 0 Å². The van der Waals surface area contributed by atoms with Gasteiger partial charge < -0.3 is 9.84 Å². The predicted octanol–water partition coefficient (Wildman–Crippen LogP) is 1.24. The van der Waals surface area contributed by atoms with Gasteiger partial charge in [0.25, 0.3) is 0 Å². The van der Waals surface area contributed by atoms with Crippen LogP contribution in [-0.4, -0.2) is 32.3 Å². The average Bonchev–Trinajstić information content (AvgIpc) is 2.82. The maximum atomic E-state index is 12.1. The van der Waals surface area contributed by atoms with Crippen LogP contribution in [0, 0.1) is 0 Å². The van der Waals surface area contributed by atoms with Crippen molar-refractivity contribution in [3.63, 3.8) is 0 Å². The molecule has 0 radical (unpaired) electrons. The molecule has 0 aliphatic carbocycles. The van der Waals surface area contributed by atoms with Crippen molar-refractivity contribution in [3.05, 3.63) is 24.3 Å². The largest absolute Gasteiger partial charge is 0.507 e. The van der Waals surface area contributed by atoms with Crippen molar-refractivity contribution in [2.75, 3.05) is 6.61 Å². The first-order valence-electron chi connectivity index (χ1n) is 5.92. The average molecular weight is 271 g/mol. The van der Waals surface area contributed by atoms with E-state index in [1.54, 1.807) is 19.1 Å². The summed E-state index contributed by atoms with van der Waals surface area (Å²) in [6, 6.07) is 5.57. The molecule has 5 nitrogen and oxygen atoms in total. The first kappa shape index (κ1) is 13.3. The van der Waals surface area contributed by atoms with Crippen LogP contribution in [0.25, 0.3) is 0 Å². The lowest BCUT2D eigenvalue weighted by Gasteiger charge is -2.20. The summed E-state index contributed by atoms with van der Waals surface area (Å²) in [6.07, 6.45) is 1.71. The van der Waals surface area contributed by atoms with E-state index in [-0.39, 0.29) is 22.8 Å². The molecule has 0 spiro atoms. The molecule has 1 fully saturated rings. The zero-order valence-electron chi connectivity index (χ0n) is 10.2. The number of para-hydroxylation sites is 1. The molecule has 1 heterocycles. The zero-order valence-corrected chi connectivity index (χ0v) is 11.0. The Morgan fingerprint density at radius 3 is 2.78 bits per heavy atom. The van der Waals surface area contributed by atoms with Gasteiger partial charge in [0.05, 0.1) is 6.10 Å². The van der Waals surface area contributed by atoms with Gasteiger partial charge in [0.15, 0.2) is 0 Å². The second-order valence-electron chi connectivity index (χ2n) is 4.43. The van der Waals surface area contributed by atoms with Gasteiger partial charge in [-0.15, -0.1) is 0 Å². The summed E-state index contributed by atoms with van der Waals surface area (Å²) >= 11 is 0. The number of benzene rings is 1. The zero-order chi connectivity index (χ0) is 13.2. The van der Waals surface area contributed by atoms with E-state index in [4.69, 9.17) is 4.74 Å². The van der Waals surface area contributed by atoms with Crippen LogP contribution in [0.3, 0.4) is 0 Å². The second-order valence-corrected chi connectivity index (χ2v) is 6.11. The van der Waals surface area contributed by atoms with Gasteiger partial charge in [-0.25, -0.2) is 13.1 Å². The lowest BCUT2D eigenvalue weighted by molar-refractivity contribution is 0.0902. The first-order chi connectivity index (χ1) is 8.50. The van der Waals surface area contributed by atoms with Gasteiger partial charge in [0.2, 0.25) is 10.0 Å². The number of hydrogen-bond acceptors (Lipinski definition) is 4. The Balaban J connectivity index is 2.14. The van der Waals surface area contributed by atoms with Gasteiger partial charge in [-0.1, -0.05) is 12.1 Å². The standard InChI is InChI=1S/C12H17NO4S/c1-9(11-6-4-8-17-11)13-18(15,16)12-7-3-2-5-10(12)14/h2-3,5,7,9,11,13-14H,4,6,8H2,1H3. The van der Waals surface area contributed by atoms with E-state index >= 15 is 0 Å². The summed E-state index contributed by atoms with van der Waals surface area (Å²) in [5, 5.41) is 9.57. The fourth-order valence-corrected chi connectivity index (χ4v) is 3.43. The maximum absolute atomic E-state index is 12.1. The first-order valence-corrected chi connectivity index (χ1v) is 7.41. The van der Waals surface area contributed by atoms with Crippen LogP contribution >= 0.6 is 0 Å². The SMILES string of the molecule is CC(NS(=O)(=O)c1ccccc1O)C1CCCO1. The monoisotopic (exact) mass is 271 g/mol. The number of nitrogens with one attached hydrogen (secondary N) is 1. The number of phenolic OH excluding ortho intramolecular Hbond substituents is 1. The fraction of sp³-hybridized carbons (Fsp3) is 0.500. The highest BCUT2D eigenvalue weighted by atomic mass is 32.2. The quantitative estimate of drug-likeness (QED) is 0.864. The number of phenols is 1. The Labute approximate surface area is 107 Å². The summed E-state index contributed by atoms with van der Waals surface area (Å²) in [7, 11) is -3.71. The van der Waals surface area contributed by atoms with E-state index < -0.39 is 10.0 Å². The van der Waals surface area contributed by atoms with E-state index in [1.165, 1.54) is 12.1 Å². The Morgan fingerprint density at radius 1 is 1.44 bits per heavy atom. The molecule has 2 unspecified atom stereocenters. The van der Waals surface area contributed by atoms with Crippen molar-refractivity contribution in [1.29, 1.82) is 0 Å². The lowest BCUT2D eigenvalue weighted by Crippen LogP contribution is -2.40. The number of sulfonamides is 1. The molecule has 1 aliphatic rings. The van der Waals surface area contributed by atoms with Crippen LogP contribution in [0.2, 0.25) is 0 Å². The highest BCUT2D eigenvalue weighted by Gasteiger charge is 2.28. The van der Waals surface area contributed by atoms with Crippen molar-refractivity contribution in [2.45, 2.75) is 36.8 Å². The molecule has 100 valence electrons. The minimum atomic E-state index is -3.71. The van der Waals surface area contributed by atoms with Crippen molar-refractivity contribution in [1.82, 2.24) is 4.72 Å². The van der Waals surface area contributed by atoms with Crippen LogP contribution < -0.4 is 4.72 Å². The molecule has 0 saturated carbocycles. The Bertz CT molecular complexity index is 509. The third kappa shape index (κ3) is 2.82. The highest BCUT2D eigenvalue weighted by Crippen LogP contribution is 2.23. The van der Waals surface area contributed by atoms with E-state index in [1.807, 2.05) is 0 Å². The van der Waals surface area contributed by atoms with Crippen molar-refractivity contribution in [2.24, 2.45) is 0 Å². The van der Waals surface area contributed by atoms with Crippen LogP contribution in [0.1, 0.15) is 19.8 Å². The normalized spacial score (nSPS) is 21.9. The smallest absolute Gasteiger partial charge is 0.244 e. The maximum Gasteiger partial charge on any atom is 0.244 e. The van der Waals surface area contributed by atoms with Gasteiger partial charge in [-0.2, -0.15) is 0 Å². The summed E-state index contributed by atoms with van der Waals surface area (Å²) in [4.78, 5) is -0.102. The molecule has 1 aliphatic heterocycles. The molecule has 2 N–H and O–H groups in total. The fourth-order valence-electron chi connectivity index (χ4n) is 2.07. The minimum absolute atomic E-state index is 0.0920. The van der Waals surface area contributed by atoms with Crippen LogP contribution in [0.5, 0.6) is 5.75 Å². The molecule has 0 aromatic heterocycles. The second kappa shape index (κ2) is 5.26. The Kier molecular flexibility index (Phi) is 3.89. The van der Waals surface area contributed by atoms with Gasteiger partial charge in [0.1, 0.15) is 10.6 Å². The third-order valence-electron chi connectivity index (χ3n) is 3.02. The van der Waals surface area contributed by atoms with E-state index in [2.05, 4.69) is 4.72 Å². The number of hydrogen-bond donors (Lipinski definition) is 2. The van der Waals surface area contributed by atoms with E-state index in [0.29, 0.717) is 6.61 Å². The summed E-state index contributed by atoms with van der Waals surface area (Å²) in [6.45, 7) is 2.45. The molecule has 1 aromatic rings. The third-order valence-corrected chi connectivity index (χ3v) is 4.62. The molecular weight excluding hydrogens is 254 g/mol. The van der Waals surface area contributed by atoms with Gasteiger partial charge in [-0.05, 0) is 31.9 Å². The molecule has 6 heteroatoms. The summed E-state index contributed by atoms with van der Waals surface area (Å²) in [5.74, 6) is -0.246.